The molecule has 0 amide bonds. The Morgan fingerprint density at radius 1 is 0.250 bits per heavy atom. The molecule has 2 heteroatoms. The molecular weight excluding hydrogens is 761 g/mol. The smallest absolute Gasteiger partial charge is 0.0385 e. The maximum Gasteiger partial charge on any atom is 0.0385 e. The highest BCUT2D eigenvalue weighted by atomic mass is 33.1. The van der Waals surface area contributed by atoms with Gasteiger partial charge in [-0.3, -0.25) is 0 Å². The van der Waals surface area contributed by atoms with E-state index in [1.165, 1.54) is 111 Å². The van der Waals surface area contributed by atoms with E-state index in [2.05, 4.69) is 225 Å². The van der Waals surface area contributed by atoms with E-state index >= 15 is 0 Å². The Balaban J connectivity index is 1.26. The van der Waals surface area contributed by atoms with E-state index in [1.807, 2.05) is 21.6 Å². The summed E-state index contributed by atoms with van der Waals surface area (Å²) < 4.78 is 0. The van der Waals surface area contributed by atoms with Gasteiger partial charge in [-0.15, -0.1) is 0 Å². The van der Waals surface area contributed by atoms with E-state index in [4.69, 9.17) is 0 Å². The predicted octanol–water partition coefficient (Wildman–Crippen LogP) is 17.7. The van der Waals surface area contributed by atoms with Crippen molar-refractivity contribution in [2.75, 3.05) is 0 Å². The fourth-order valence-electron chi connectivity index (χ4n) is 8.16. The molecule has 0 heterocycles. The first kappa shape index (κ1) is 41.2. The van der Waals surface area contributed by atoms with Gasteiger partial charge >= 0.3 is 0 Å². The molecule has 0 aliphatic carbocycles. The number of aryl methyl sites for hydroxylation is 6. The molecule has 0 aliphatic heterocycles. The summed E-state index contributed by atoms with van der Waals surface area (Å²) in [5.74, 6) is 0. The van der Waals surface area contributed by atoms with Crippen LogP contribution in [0.5, 0.6) is 0 Å². The topological polar surface area (TPSA) is 0 Å². The summed E-state index contributed by atoms with van der Waals surface area (Å²) in [4.78, 5) is 0. The molecule has 0 fully saturated rings. The van der Waals surface area contributed by atoms with E-state index < -0.39 is 0 Å². The largest absolute Gasteiger partial charge is 0.0855 e. The molecule has 8 rings (SSSR count). The summed E-state index contributed by atoms with van der Waals surface area (Å²) in [6.45, 7) is 17.8. The molecule has 8 aromatic carbocycles. The number of benzene rings is 8. The first-order valence-electron chi connectivity index (χ1n) is 21.1. The van der Waals surface area contributed by atoms with E-state index in [0.29, 0.717) is 0 Å². The summed E-state index contributed by atoms with van der Waals surface area (Å²) in [6.07, 6.45) is 0. The molecule has 0 N–H and O–H groups in total. The van der Waals surface area contributed by atoms with Gasteiger partial charge in [0.15, 0.2) is 0 Å². The van der Waals surface area contributed by atoms with Crippen LogP contribution in [0.15, 0.2) is 170 Å². The molecule has 0 unspecified atom stereocenters. The first-order valence-corrected chi connectivity index (χ1v) is 23.4. The molecule has 0 bridgehead atoms. The Morgan fingerprint density at radius 2 is 0.433 bits per heavy atom. The van der Waals surface area contributed by atoms with Crippen LogP contribution in [0.4, 0.5) is 0 Å². The van der Waals surface area contributed by atoms with Gasteiger partial charge in [-0.1, -0.05) is 201 Å². The Kier molecular flexibility index (Phi) is 12.3. The van der Waals surface area contributed by atoms with Gasteiger partial charge in [-0.05, 0) is 158 Å². The minimum atomic E-state index is 0.176. The molecule has 60 heavy (non-hydrogen) atoms. The second-order valence-electron chi connectivity index (χ2n) is 16.6. The number of hydrogen-bond acceptors (Lipinski definition) is 2. The molecule has 0 aromatic heterocycles. The van der Waals surface area contributed by atoms with E-state index in [1.54, 1.807) is 0 Å². The highest BCUT2D eigenvalue weighted by molar-refractivity contribution is 8.76. The lowest BCUT2D eigenvalue weighted by Crippen LogP contribution is -2.01. The van der Waals surface area contributed by atoms with Crippen molar-refractivity contribution >= 4 is 21.6 Å². The second kappa shape index (κ2) is 18.0. The van der Waals surface area contributed by atoms with Crippen molar-refractivity contribution in [3.63, 3.8) is 0 Å². The summed E-state index contributed by atoms with van der Waals surface area (Å²) in [5.41, 5.74) is 25.5. The monoisotopic (exact) mass is 814 g/mol. The molecule has 0 aliphatic rings. The third-order valence-electron chi connectivity index (χ3n) is 11.7. The Morgan fingerprint density at radius 3 is 0.633 bits per heavy atom. The first-order chi connectivity index (χ1) is 29.0. The van der Waals surface area contributed by atoms with Crippen molar-refractivity contribution in [1.82, 2.24) is 0 Å². The molecule has 0 radical (unpaired) electrons. The van der Waals surface area contributed by atoms with E-state index in [-0.39, 0.29) is 10.5 Å². The van der Waals surface area contributed by atoms with Crippen LogP contribution in [0.2, 0.25) is 0 Å². The average molecular weight is 815 g/mol. The zero-order valence-electron chi connectivity index (χ0n) is 36.1. The molecule has 2 atom stereocenters. The quantitative estimate of drug-likeness (QED) is 0.119. The van der Waals surface area contributed by atoms with Gasteiger partial charge in [0.25, 0.3) is 0 Å². The van der Waals surface area contributed by atoms with Gasteiger partial charge in [-0.25, -0.2) is 0 Å². The van der Waals surface area contributed by atoms with Gasteiger partial charge in [0.2, 0.25) is 0 Å². The van der Waals surface area contributed by atoms with Crippen LogP contribution in [0.1, 0.15) is 68.9 Å². The molecule has 0 nitrogen and oxygen atoms in total. The lowest BCUT2D eigenvalue weighted by Gasteiger charge is -2.26. The number of rotatable bonds is 11. The summed E-state index contributed by atoms with van der Waals surface area (Å²) in [6, 6.07) is 64.1. The molecule has 298 valence electrons. The molecule has 8 aromatic rings. The van der Waals surface area contributed by atoms with Gasteiger partial charge in [0.05, 0.1) is 0 Å². The van der Waals surface area contributed by atoms with Gasteiger partial charge in [0.1, 0.15) is 0 Å². The minimum absolute atomic E-state index is 0.176. The molecule has 0 saturated heterocycles. The SMILES string of the molecule is Cc1ccc(-c2cc(-c3ccc(C)cc3)c([C@@H](C)SS[C@H](C)c3c(-c4ccc(C)cc4)cc(-c4ccc(C)cc4)cc3-c3ccc(C)cc3)c(-c3ccc(C)cc3)c2)cc1. The van der Waals surface area contributed by atoms with Crippen molar-refractivity contribution in [2.24, 2.45) is 0 Å². The molecular formula is C58H54S2. The predicted molar refractivity (Wildman–Crippen MR) is 266 cm³/mol. The van der Waals surface area contributed by atoms with E-state index in [0.717, 1.165) is 0 Å². The average Bonchev–Trinajstić information content (AvgIpc) is 3.26. The summed E-state index contributed by atoms with van der Waals surface area (Å²) in [5, 5.41) is 0.351. The van der Waals surface area contributed by atoms with E-state index in [9.17, 15) is 0 Å². The van der Waals surface area contributed by atoms with Crippen LogP contribution in [0, 0.1) is 41.5 Å². The van der Waals surface area contributed by atoms with Crippen molar-refractivity contribution in [3.8, 4) is 66.8 Å². The van der Waals surface area contributed by atoms with Crippen molar-refractivity contribution in [3.05, 3.63) is 214 Å². The fraction of sp³-hybridized carbons (Fsp3) is 0.172. The second-order valence-corrected chi connectivity index (χ2v) is 19.6. The Bertz CT molecular complexity index is 2390. The zero-order valence-corrected chi connectivity index (χ0v) is 37.8. The van der Waals surface area contributed by atoms with Crippen LogP contribution < -0.4 is 0 Å². The Hall–Kier alpha value is -5.54. The third kappa shape index (κ3) is 9.11. The third-order valence-corrected chi connectivity index (χ3v) is 15.0. The van der Waals surface area contributed by atoms with Gasteiger partial charge in [0, 0.05) is 10.5 Å². The van der Waals surface area contributed by atoms with Crippen LogP contribution in [-0.2, 0) is 0 Å². The Labute approximate surface area is 366 Å². The lowest BCUT2D eigenvalue weighted by atomic mass is 9.86. The van der Waals surface area contributed by atoms with Crippen LogP contribution in [0.25, 0.3) is 66.8 Å². The molecule has 0 saturated carbocycles. The van der Waals surface area contributed by atoms with Crippen molar-refractivity contribution in [2.45, 2.75) is 65.9 Å². The zero-order chi connectivity index (χ0) is 41.9. The van der Waals surface area contributed by atoms with Crippen LogP contribution >= 0.6 is 21.6 Å². The minimum Gasteiger partial charge on any atom is -0.0855 e. The summed E-state index contributed by atoms with van der Waals surface area (Å²) in [7, 11) is 3.98. The van der Waals surface area contributed by atoms with Gasteiger partial charge < -0.3 is 0 Å². The fourth-order valence-corrected chi connectivity index (χ4v) is 10.8. The van der Waals surface area contributed by atoms with Crippen molar-refractivity contribution < 1.29 is 0 Å². The number of hydrogen-bond donors (Lipinski definition) is 0. The highest BCUT2D eigenvalue weighted by Gasteiger charge is 2.25. The normalized spacial score (nSPS) is 12.3. The summed E-state index contributed by atoms with van der Waals surface area (Å²) >= 11 is 0. The lowest BCUT2D eigenvalue weighted by molar-refractivity contribution is 1.10. The maximum atomic E-state index is 2.43. The standard InChI is InChI=1S/C58H54S2/c1-37-9-21-45(22-10-37)51-33-53(47-25-13-39(3)14-26-47)57(54(34-51)48-27-15-40(4)16-28-48)43(7)59-60-44(8)58-55(49-29-17-41(5)18-30-49)35-52(46-23-11-38(2)12-24-46)36-56(58)50-31-19-42(6)20-32-50/h9-36,43-44H,1-8H3/t43-,44-/m1/s1. The maximum absolute atomic E-state index is 2.43. The molecule has 0 spiro atoms. The van der Waals surface area contributed by atoms with Gasteiger partial charge in [-0.2, -0.15) is 0 Å². The van der Waals surface area contributed by atoms with Crippen LogP contribution in [0.3, 0.4) is 0 Å². The van der Waals surface area contributed by atoms with Crippen molar-refractivity contribution in [1.29, 1.82) is 0 Å². The van der Waals surface area contributed by atoms with Crippen LogP contribution in [-0.4, -0.2) is 0 Å². The highest BCUT2D eigenvalue weighted by Crippen LogP contribution is 2.54.